The molecule has 0 radical (unpaired) electrons. The normalized spacial score (nSPS) is 11.0. The number of hydrogen-bond donors (Lipinski definition) is 3. The lowest BCUT2D eigenvalue weighted by Gasteiger charge is -2.14. The van der Waals surface area contributed by atoms with Crippen LogP contribution in [-0.2, 0) is 13.1 Å². The number of rotatable bonds is 9. The Morgan fingerprint density at radius 3 is 2.74 bits per heavy atom. The zero-order valence-corrected chi connectivity index (χ0v) is 15.9. The Bertz CT molecular complexity index is 775. The first-order valence-electron chi connectivity index (χ1n) is 8.87. The number of guanidine groups is 1. The summed E-state index contributed by atoms with van der Waals surface area (Å²) in [4.78, 5) is 4.55. The number of aromatic hydroxyl groups is 1. The summed E-state index contributed by atoms with van der Waals surface area (Å²) in [6, 6.07) is 12.9. The van der Waals surface area contributed by atoms with Crippen LogP contribution in [0.4, 0.5) is 0 Å². The molecule has 0 aromatic heterocycles. The minimum atomic E-state index is 0.193. The van der Waals surface area contributed by atoms with E-state index < -0.39 is 0 Å². The van der Waals surface area contributed by atoms with Crippen LogP contribution in [0.2, 0.25) is 0 Å². The summed E-state index contributed by atoms with van der Waals surface area (Å²) in [6.07, 6.45) is 1.72. The van der Waals surface area contributed by atoms with Gasteiger partial charge in [-0.15, -0.1) is 0 Å². The fourth-order valence-electron chi connectivity index (χ4n) is 2.44. The summed E-state index contributed by atoms with van der Waals surface area (Å²) >= 11 is 0. The third kappa shape index (κ3) is 6.26. The molecule has 0 saturated carbocycles. The third-order valence-electron chi connectivity index (χ3n) is 3.81. The van der Waals surface area contributed by atoms with Crippen LogP contribution in [0, 0.1) is 0 Å². The first kappa shape index (κ1) is 20.2. The number of hydrogen-bond acceptors (Lipinski definition) is 4. The molecule has 0 bridgehead atoms. The van der Waals surface area contributed by atoms with Crippen LogP contribution in [0.15, 0.2) is 60.1 Å². The minimum Gasteiger partial charge on any atom is -0.508 e. The maximum atomic E-state index is 10.0. The molecule has 0 aliphatic heterocycles. The average molecular weight is 369 g/mol. The summed E-state index contributed by atoms with van der Waals surface area (Å²) < 4.78 is 10.9. The molecule has 0 aliphatic rings. The van der Waals surface area contributed by atoms with E-state index in [1.54, 1.807) is 31.4 Å². The van der Waals surface area contributed by atoms with E-state index in [0.717, 1.165) is 17.9 Å². The van der Waals surface area contributed by atoms with Gasteiger partial charge in [-0.1, -0.05) is 30.9 Å². The fourth-order valence-corrected chi connectivity index (χ4v) is 2.44. The van der Waals surface area contributed by atoms with E-state index in [-0.39, 0.29) is 5.75 Å². The van der Waals surface area contributed by atoms with Gasteiger partial charge in [0.15, 0.2) is 5.96 Å². The summed E-state index contributed by atoms with van der Waals surface area (Å²) in [5.74, 6) is 2.34. The number of phenols is 1. The Morgan fingerprint density at radius 1 is 1.19 bits per heavy atom. The maximum Gasteiger partial charge on any atom is 0.191 e. The molecule has 0 atom stereocenters. The van der Waals surface area contributed by atoms with Crippen molar-refractivity contribution < 1.29 is 14.6 Å². The van der Waals surface area contributed by atoms with Crippen LogP contribution in [0.1, 0.15) is 18.1 Å². The number of nitrogens with one attached hydrogen (secondary N) is 2. The van der Waals surface area contributed by atoms with Gasteiger partial charge in [-0.05, 0) is 31.2 Å². The van der Waals surface area contributed by atoms with E-state index in [9.17, 15) is 5.11 Å². The second kappa shape index (κ2) is 10.8. The molecule has 0 amide bonds. The quantitative estimate of drug-likeness (QED) is 0.359. The predicted molar refractivity (Wildman–Crippen MR) is 108 cm³/mol. The van der Waals surface area contributed by atoms with Crippen molar-refractivity contribution in [2.24, 2.45) is 4.99 Å². The van der Waals surface area contributed by atoms with Gasteiger partial charge < -0.3 is 25.2 Å². The highest BCUT2D eigenvalue weighted by molar-refractivity contribution is 5.79. The Labute approximate surface area is 160 Å². The Kier molecular flexibility index (Phi) is 8.03. The molecule has 0 fully saturated rings. The fraction of sp³-hybridized carbons (Fsp3) is 0.286. The molecule has 0 saturated heterocycles. The Morgan fingerprint density at radius 2 is 2.00 bits per heavy atom. The summed E-state index contributed by atoms with van der Waals surface area (Å²) in [5.41, 5.74) is 1.72. The molecule has 3 N–H and O–H groups in total. The highest BCUT2D eigenvalue weighted by Gasteiger charge is 2.06. The van der Waals surface area contributed by atoms with Gasteiger partial charge in [-0.3, -0.25) is 0 Å². The molecule has 0 spiro atoms. The number of methoxy groups -OCH3 is 1. The number of phenolic OH excluding ortho intramolecular Hbond substituents is 1. The lowest BCUT2D eigenvalue weighted by molar-refractivity contribution is 0.358. The van der Waals surface area contributed by atoms with E-state index in [1.165, 1.54) is 0 Å². The van der Waals surface area contributed by atoms with Crippen LogP contribution in [0.3, 0.4) is 0 Å². The van der Waals surface area contributed by atoms with Crippen molar-refractivity contribution in [2.45, 2.75) is 20.0 Å². The van der Waals surface area contributed by atoms with E-state index in [2.05, 4.69) is 22.2 Å². The van der Waals surface area contributed by atoms with Gasteiger partial charge in [0.1, 0.15) is 23.9 Å². The number of aliphatic imine (C=N–C) groups is 1. The smallest absolute Gasteiger partial charge is 0.191 e. The molecular formula is C21H27N3O3. The lowest BCUT2D eigenvalue weighted by Crippen LogP contribution is -2.36. The molecule has 6 heteroatoms. The maximum absolute atomic E-state index is 10.0. The van der Waals surface area contributed by atoms with Crippen molar-refractivity contribution in [3.63, 3.8) is 0 Å². The van der Waals surface area contributed by atoms with Crippen LogP contribution >= 0.6 is 0 Å². The highest BCUT2D eigenvalue weighted by atomic mass is 16.5. The SMILES string of the molecule is C=CCOc1ccccc1CNC(=NCc1cc(OC)ccc1O)NCC. The third-order valence-corrected chi connectivity index (χ3v) is 3.81. The molecule has 27 heavy (non-hydrogen) atoms. The second-order valence-corrected chi connectivity index (χ2v) is 5.75. The molecule has 144 valence electrons. The topological polar surface area (TPSA) is 75.1 Å². The van der Waals surface area contributed by atoms with Crippen molar-refractivity contribution >= 4 is 5.96 Å². The van der Waals surface area contributed by atoms with Gasteiger partial charge in [-0.25, -0.2) is 4.99 Å². The molecule has 2 aromatic carbocycles. The Balaban J connectivity index is 2.07. The van der Waals surface area contributed by atoms with E-state index in [4.69, 9.17) is 9.47 Å². The van der Waals surface area contributed by atoms with Gasteiger partial charge >= 0.3 is 0 Å². The van der Waals surface area contributed by atoms with Crippen molar-refractivity contribution in [2.75, 3.05) is 20.3 Å². The van der Waals surface area contributed by atoms with Crippen LogP contribution in [0.5, 0.6) is 17.2 Å². The number of ether oxygens (including phenoxy) is 2. The zero-order chi connectivity index (χ0) is 19.5. The van der Waals surface area contributed by atoms with Crippen LogP contribution in [0.25, 0.3) is 0 Å². The minimum absolute atomic E-state index is 0.193. The van der Waals surface area contributed by atoms with E-state index >= 15 is 0 Å². The number of para-hydroxylation sites is 1. The molecular weight excluding hydrogens is 342 g/mol. The lowest BCUT2D eigenvalue weighted by atomic mass is 10.2. The van der Waals surface area contributed by atoms with Gasteiger partial charge in [0.05, 0.1) is 13.7 Å². The molecule has 0 heterocycles. The van der Waals surface area contributed by atoms with Crippen molar-refractivity contribution in [1.82, 2.24) is 10.6 Å². The second-order valence-electron chi connectivity index (χ2n) is 5.75. The molecule has 0 unspecified atom stereocenters. The first-order chi connectivity index (χ1) is 13.2. The molecule has 2 rings (SSSR count). The largest absolute Gasteiger partial charge is 0.508 e. The van der Waals surface area contributed by atoms with Crippen LogP contribution < -0.4 is 20.1 Å². The summed E-state index contributed by atoms with van der Waals surface area (Å²) in [5, 5.41) is 16.5. The van der Waals surface area contributed by atoms with Crippen molar-refractivity contribution in [1.29, 1.82) is 0 Å². The predicted octanol–water partition coefficient (Wildman–Crippen LogP) is 3.22. The summed E-state index contributed by atoms with van der Waals surface area (Å²) in [6.45, 7) is 7.75. The first-order valence-corrected chi connectivity index (χ1v) is 8.87. The number of nitrogens with zero attached hydrogens (tertiary/aromatic N) is 1. The Hall–Kier alpha value is -3.15. The van der Waals surface area contributed by atoms with Gasteiger partial charge in [0.2, 0.25) is 0 Å². The van der Waals surface area contributed by atoms with Crippen LogP contribution in [-0.4, -0.2) is 31.3 Å². The van der Waals surface area contributed by atoms with Gasteiger partial charge in [-0.2, -0.15) is 0 Å². The van der Waals surface area contributed by atoms with E-state index in [0.29, 0.717) is 37.0 Å². The summed E-state index contributed by atoms with van der Waals surface area (Å²) in [7, 11) is 1.59. The highest BCUT2D eigenvalue weighted by Crippen LogP contribution is 2.23. The van der Waals surface area contributed by atoms with Gasteiger partial charge in [0.25, 0.3) is 0 Å². The molecule has 6 nitrogen and oxygen atoms in total. The van der Waals surface area contributed by atoms with Gasteiger partial charge in [0, 0.05) is 24.2 Å². The zero-order valence-electron chi connectivity index (χ0n) is 15.9. The average Bonchev–Trinajstić information content (AvgIpc) is 2.70. The molecule has 2 aromatic rings. The standard InChI is InChI=1S/C21H27N3O3/c1-4-12-27-20-9-7-6-8-16(20)14-23-21(22-5-2)24-15-17-13-18(26-3)10-11-19(17)25/h4,6-11,13,25H,1,5,12,14-15H2,2-3H3,(H2,22,23,24). The van der Waals surface area contributed by atoms with E-state index in [1.807, 2.05) is 31.2 Å². The van der Waals surface area contributed by atoms with Crippen molar-refractivity contribution in [3.05, 3.63) is 66.2 Å². The molecule has 0 aliphatic carbocycles. The van der Waals surface area contributed by atoms with Crippen molar-refractivity contribution in [3.8, 4) is 17.2 Å². The number of benzene rings is 2. The monoisotopic (exact) mass is 369 g/mol.